The van der Waals surface area contributed by atoms with Gasteiger partial charge in [-0.1, -0.05) is 40.0 Å². The third-order valence-corrected chi connectivity index (χ3v) is 4.45. The van der Waals surface area contributed by atoms with Gasteiger partial charge in [0.15, 0.2) is 0 Å². The lowest BCUT2D eigenvalue weighted by molar-refractivity contribution is 0.397. The Morgan fingerprint density at radius 3 is 2.26 bits per heavy atom. The highest BCUT2D eigenvalue weighted by Crippen LogP contribution is 2.40. The maximum atomic E-state index is 9.78. The Labute approximate surface area is 139 Å². The maximum absolute atomic E-state index is 9.78. The summed E-state index contributed by atoms with van der Waals surface area (Å²) in [5.41, 5.74) is 2.32. The van der Waals surface area contributed by atoms with Crippen LogP contribution in [0.3, 0.4) is 0 Å². The average molecular weight is 311 g/mol. The van der Waals surface area contributed by atoms with Gasteiger partial charge in [-0.25, -0.2) is 0 Å². The molecule has 1 fully saturated rings. The van der Waals surface area contributed by atoms with Crippen LogP contribution >= 0.6 is 0 Å². The predicted molar refractivity (Wildman–Crippen MR) is 91.6 cm³/mol. The van der Waals surface area contributed by atoms with Crippen molar-refractivity contribution in [2.24, 2.45) is 0 Å². The first kappa shape index (κ1) is 17.2. The second kappa shape index (κ2) is 6.92. The van der Waals surface area contributed by atoms with Crippen molar-refractivity contribution in [1.29, 1.82) is 10.5 Å². The molecule has 0 aromatic heterocycles. The van der Waals surface area contributed by atoms with Crippen molar-refractivity contribution < 1.29 is 4.74 Å². The fourth-order valence-electron chi connectivity index (χ4n) is 3.36. The summed E-state index contributed by atoms with van der Waals surface area (Å²) in [6.45, 7) is 6.17. The highest BCUT2D eigenvalue weighted by Gasteiger charge is 2.28. The van der Waals surface area contributed by atoms with E-state index in [1.165, 1.54) is 19.3 Å². The standard InChI is InChI=1S/C19H25N3O/c1-19(2,3)17-15(12-21)18(13(11-20)10-16(17)23-4)22-14-8-6-5-7-9-14/h10,14,22H,5-9H2,1-4H3. The van der Waals surface area contributed by atoms with Crippen molar-refractivity contribution in [3.8, 4) is 17.9 Å². The fraction of sp³-hybridized carbons (Fsp3) is 0.579. The third-order valence-electron chi connectivity index (χ3n) is 4.45. The van der Waals surface area contributed by atoms with E-state index in [-0.39, 0.29) is 5.41 Å². The number of benzene rings is 1. The number of nitriles is 2. The average Bonchev–Trinajstić information content (AvgIpc) is 2.54. The van der Waals surface area contributed by atoms with Gasteiger partial charge in [0.05, 0.1) is 23.9 Å². The molecule has 23 heavy (non-hydrogen) atoms. The SMILES string of the molecule is COc1cc(C#N)c(NC2CCCCC2)c(C#N)c1C(C)(C)C. The summed E-state index contributed by atoms with van der Waals surface area (Å²) in [6, 6.07) is 6.63. The van der Waals surface area contributed by atoms with Gasteiger partial charge in [0.2, 0.25) is 0 Å². The predicted octanol–water partition coefficient (Wildman–Crippen LogP) is 4.48. The van der Waals surface area contributed by atoms with Crippen LogP contribution in [-0.2, 0) is 5.41 Å². The molecule has 0 saturated heterocycles. The summed E-state index contributed by atoms with van der Waals surface area (Å²) >= 11 is 0. The molecule has 0 heterocycles. The summed E-state index contributed by atoms with van der Waals surface area (Å²) in [5.74, 6) is 0.611. The molecule has 0 aliphatic heterocycles. The van der Waals surface area contributed by atoms with Crippen LogP contribution in [0, 0.1) is 22.7 Å². The summed E-state index contributed by atoms with van der Waals surface area (Å²) in [7, 11) is 1.58. The number of hydrogen-bond acceptors (Lipinski definition) is 4. The normalized spacial score (nSPS) is 15.6. The topological polar surface area (TPSA) is 68.8 Å². The molecule has 4 heteroatoms. The van der Waals surface area contributed by atoms with Crippen molar-refractivity contribution in [3.05, 3.63) is 22.8 Å². The van der Waals surface area contributed by atoms with Gasteiger partial charge in [0.25, 0.3) is 0 Å². The van der Waals surface area contributed by atoms with Crippen LogP contribution in [0.25, 0.3) is 0 Å². The van der Waals surface area contributed by atoms with E-state index in [0.717, 1.165) is 18.4 Å². The zero-order valence-electron chi connectivity index (χ0n) is 14.5. The number of ether oxygens (including phenoxy) is 1. The molecule has 1 aromatic rings. The summed E-state index contributed by atoms with van der Waals surface area (Å²) in [4.78, 5) is 0. The van der Waals surface area contributed by atoms with E-state index >= 15 is 0 Å². The lowest BCUT2D eigenvalue weighted by Crippen LogP contribution is -2.25. The molecule has 2 rings (SSSR count). The van der Waals surface area contributed by atoms with Crippen molar-refractivity contribution in [2.75, 3.05) is 12.4 Å². The quantitative estimate of drug-likeness (QED) is 0.893. The molecule has 1 aromatic carbocycles. The van der Waals surface area contributed by atoms with E-state index in [1.807, 2.05) is 0 Å². The number of nitrogens with one attached hydrogen (secondary N) is 1. The minimum Gasteiger partial charge on any atom is -0.496 e. The highest BCUT2D eigenvalue weighted by molar-refractivity contribution is 5.73. The van der Waals surface area contributed by atoms with E-state index in [0.29, 0.717) is 28.6 Å². The Balaban J connectivity index is 2.59. The van der Waals surface area contributed by atoms with Crippen molar-refractivity contribution in [2.45, 2.75) is 64.3 Å². The Morgan fingerprint density at radius 1 is 1.13 bits per heavy atom. The first-order valence-corrected chi connectivity index (χ1v) is 8.24. The van der Waals surface area contributed by atoms with Gasteiger partial charge in [-0.05, 0) is 18.3 Å². The van der Waals surface area contributed by atoms with Gasteiger partial charge in [-0.2, -0.15) is 10.5 Å². The van der Waals surface area contributed by atoms with E-state index in [4.69, 9.17) is 4.74 Å². The molecule has 122 valence electrons. The smallest absolute Gasteiger partial charge is 0.125 e. The molecule has 1 saturated carbocycles. The van der Waals surface area contributed by atoms with Crippen molar-refractivity contribution in [1.82, 2.24) is 0 Å². The molecule has 0 atom stereocenters. The van der Waals surface area contributed by atoms with E-state index in [1.54, 1.807) is 13.2 Å². The number of rotatable bonds is 3. The zero-order valence-corrected chi connectivity index (χ0v) is 14.5. The van der Waals surface area contributed by atoms with Crippen LogP contribution in [0.2, 0.25) is 0 Å². The molecule has 0 unspecified atom stereocenters. The molecule has 1 aliphatic rings. The molecule has 0 radical (unpaired) electrons. The summed E-state index contributed by atoms with van der Waals surface area (Å²) in [5, 5.41) is 22.8. The van der Waals surface area contributed by atoms with Gasteiger partial charge >= 0.3 is 0 Å². The molecule has 4 nitrogen and oxygen atoms in total. The Hall–Kier alpha value is -2.20. The summed E-state index contributed by atoms with van der Waals surface area (Å²) in [6.07, 6.45) is 5.84. The molecule has 0 amide bonds. The van der Waals surface area contributed by atoms with Crippen molar-refractivity contribution >= 4 is 5.69 Å². The Morgan fingerprint density at radius 2 is 1.78 bits per heavy atom. The molecule has 1 N–H and O–H groups in total. The van der Waals surface area contributed by atoms with Gasteiger partial charge in [0, 0.05) is 17.7 Å². The maximum Gasteiger partial charge on any atom is 0.125 e. The highest BCUT2D eigenvalue weighted by atomic mass is 16.5. The molecular formula is C19H25N3O. The largest absolute Gasteiger partial charge is 0.496 e. The summed E-state index contributed by atoms with van der Waals surface area (Å²) < 4.78 is 5.47. The van der Waals surface area contributed by atoms with E-state index in [2.05, 4.69) is 38.2 Å². The fourth-order valence-corrected chi connectivity index (χ4v) is 3.36. The molecule has 0 spiro atoms. The third kappa shape index (κ3) is 3.59. The number of anilines is 1. The van der Waals surface area contributed by atoms with Gasteiger partial charge in [0.1, 0.15) is 17.9 Å². The van der Waals surface area contributed by atoms with Gasteiger partial charge in [-0.3, -0.25) is 0 Å². The van der Waals surface area contributed by atoms with Crippen LogP contribution < -0.4 is 10.1 Å². The van der Waals surface area contributed by atoms with Crippen LogP contribution in [0.5, 0.6) is 5.75 Å². The molecule has 0 bridgehead atoms. The second-order valence-electron chi connectivity index (χ2n) is 7.20. The Kier molecular flexibility index (Phi) is 5.16. The minimum atomic E-state index is -0.243. The van der Waals surface area contributed by atoms with Crippen LogP contribution in [0.15, 0.2) is 6.07 Å². The van der Waals surface area contributed by atoms with Gasteiger partial charge in [-0.15, -0.1) is 0 Å². The first-order valence-electron chi connectivity index (χ1n) is 8.24. The lowest BCUT2D eigenvalue weighted by Gasteiger charge is -2.29. The zero-order chi connectivity index (χ0) is 17.0. The van der Waals surface area contributed by atoms with E-state index in [9.17, 15) is 10.5 Å². The first-order chi connectivity index (χ1) is 10.9. The minimum absolute atomic E-state index is 0.243. The van der Waals surface area contributed by atoms with Crippen LogP contribution in [-0.4, -0.2) is 13.2 Å². The second-order valence-corrected chi connectivity index (χ2v) is 7.20. The lowest BCUT2D eigenvalue weighted by atomic mass is 9.81. The number of hydrogen-bond donors (Lipinski definition) is 1. The monoisotopic (exact) mass is 311 g/mol. The number of methoxy groups -OCH3 is 1. The molecule has 1 aliphatic carbocycles. The van der Waals surface area contributed by atoms with E-state index < -0.39 is 0 Å². The van der Waals surface area contributed by atoms with Crippen LogP contribution in [0.1, 0.15) is 69.6 Å². The van der Waals surface area contributed by atoms with Crippen molar-refractivity contribution in [3.63, 3.8) is 0 Å². The number of nitrogens with zero attached hydrogens (tertiary/aromatic N) is 2. The van der Waals surface area contributed by atoms with Gasteiger partial charge < -0.3 is 10.1 Å². The molecular weight excluding hydrogens is 286 g/mol. The Bertz CT molecular complexity index is 653. The van der Waals surface area contributed by atoms with Crippen LogP contribution in [0.4, 0.5) is 5.69 Å².